The van der Waals surface area contributed by atoms with Crippen molar-refractivity contribution in [1.29, 1.82) is 0 Å². The highest BCUT2D eigenvalue weighted by Crippen LogP contribution is 2.64. The smallest absolute Gasteiger partial charge is 0.460 e. The normalized spacial score (nSPS) is 28.5. The van der Waals surface area contributed by atoms with Gasteiger partial charge in [0.15, 0.2) is 0 Å². The predicted octanol–water partition coefficient (Wildman–Crippen LogP) is 6.26. The summed E-state index contributed by atoms with van der Waals surface area (Å²) in [6.45, 7) is -1.85. The Labute approximate surface area is 229 Å². The molecule has 4 saturated carbocycles. The van der Waals surface area contributed by atoms with E-state index < -0.39 is 115 Å². The minimum absolute atomic E-state index is 0.203. The maximum absolute atomic E-state index is 14.2. The first-order chi connectivity index (χ1) is 19.0. The zero-order valence-electron chi connectivity index (χ0n) is 21.0. The van der Waals surface area contributed by atoms with Crippen molar-refractivity contribution >= 4 is 17.9 Å². The summed E-state index contributed by atoms with van der Waals surface area (Å²) in [7, 11) is 0. The molecule has 2 atom stereocenters. The molecule has 4 rings (SSSR count). The van der Waals surface area contributed by atoms with E-state index in [2.05, 4.69) is 9.47 Å². The number of alkyl halides is 15. The SMILES string of the molecule is O=C(OCCC(F)(F)C(F)(F)C(F)(F)C(F)(F)F)C12CC3CC(CC(OC(=O)C(F)(F)C(F)(F)C(F)(F)C(=O)O)(C3)C1)C2. The second-order valence-corrected chi connectivity index (χ2v) is 11.1. The van der Waals surface area contributed by atoms with Gasteiger partial charge in [0.25, 0.3) is 0 Å². The molecule has 6 nitrogen and oxygen atoms in total. The Morgan fingerprint density at radius 3 is 1.63 bits per heavy atom. The van der Waals surface area contributed by atoms with Crippen molar-refractivity contribution in [3.63, 3.8) is 0 Å². The number of carboxylic acid groups (broad SMARTS) is 1. The molecule has 0 aromatic heterocycles. The molecule has 0 heterocycles. The van der Waals surface area contributed by atoms with Gasteiger partial charge in [0.2, 0.25) is 0 Å². The number of halogens is 15. The quantitative estimate of drug-likeness (QED) is 0.207. The fourth-order valence-electron chi connectivity index (χ4n) is 6.25. The van der Waals surface area contributed by atoms with E-state index >= 15 is 0 Å². The number of hydrogen-bond acceptors (Lipinski definition) is 5. The third-order valence-electron chi connectivity index (χ3n) is 7.92. The topological polar surface area (TPSA) is 89.9 Å². The summed E-state index contributed by atoms with van der Waals surface area (Å²) in [5, 5.41) is 8.22. The van der Waals surface area contributed by atoms with Crippen molar-refractivity contribution in [3.8, 4) is 0 Å². The lowest BCUT2D eigenvalue weighted by Gasteiger charge is -2.59. The average Bonchev–Trinajstić information content (AvgIpc) is 2.81. The Morgan fingerprint density at radius 2 is 1.19 bits per heavy atom. The van der Waals surface area contributed by atoms with Crippen LogP contribution in [0.25, 0.3) is 0 Å². The van der Waals surface area contributed by atoms with Gasteiger partial charge in [-0.05, 0) is 43.9 Å². The Bertz CT molecular complexity index is 1130. The summed E-state index contributed by atoms with van der Waals surface area (Å²) >= 11 is 0. The predicted molar refractivity (Wildman–Crippen MR) is 105 cm³/mol. The first kappa shape index (κ1) is 34.8. The number of ether oxygens (including phenoxy) is 2. The minimum atomic E-state index is -7.20. The maximum Gasteiger partial charge on any atom is 0.460 e. The second-order valence-electron chi connectivity index (χ2n) is 11.1. The maximum atomic E-state index is 14.2. The van der Waals surface area contributed by atoms with Gasteiger partial charge >= 0.3 is 59.6 Å². The molecule has 1 N–H and O–H groups in total. The van der Waals surface area contributed by atoms with Gasteiger partial charge in [-0.2, -0.15) is 65.9 Å². The van der Waals surface area contributed by atoms with E-state index in [1.165, 1.54) is 0 Å². The lowest BCUT2D eigenvalue weighted by molar-refractivity contribution is -0.397. The average molecular weight is 664 g/mol. The highest BCUT2D eigenvalue weighted by atomic mass is 19.4. The monoisotopic (exact) mass is 664 g/mol. The van der Waals surface area contributed by atoms with Gasteiger partial charge in [0, 0.05) is 6.42 Å². The van der Waals surface area contributed by atoms with E-state index in [-0.39, 0.29) is 19.3 Å². The van der Waals surface area contributed by atoms with E-state index in [0.29, 0.717) is 0 Å². The molecule has 21 heteroatoms. The minimum Gasteiger partial charge on any atom is -0.477 e. The van der Waals surface area contributed by atoms with Crippen molar-refractivity contribution in [2.75, 3.05) is 6.61 Å². The summed E-state index contributed by atoms with van der Waals surface area (Å²) in [4.78, 5) is 35.3. The molecule has 4 fully saturated rings. The van der Waals surface area contributed by atoms with Crippen LogP contribution in [0.3, 0.4) is 0 Å². The zero-order valence-corrected chi connectivity index (χ0v) is 21.0. The number of carboxylic acids is 1. The number of esters is 2. The van der Waals surface area contributed by atoms with Crippen LogP contribution in [0.15, 0.2) is 0 Å². The molecule has 43 heavy (non-hydrogen) atoms. The largest absolute Gasteiger partial charge is 0.477 e. The molecule has 0 saturated heterocycles. The number of carbonyl (C=O) groups is 3. The van der Waals surface area contributed by atoms with E-state index in [0.717, 1.165) is 0 Å². The van der Waals surface area contributed by atoms with Crippen LogP contribution < -0.4 is 0 Å². The number of carbonyl (C=O) groups excluding carboxylic acids is 2. The molecule has 0 aliphatic heterocycles. The van der Waals surface area contributed by atoms with E-state index in [4.69, 9.17) is 5.11 Å². The Kier molecular flexibility index (Phi) is 8.05. The molecule has 4 aliphatic carbocycles. The van der Waals surface area contributed by atoms with Gasteiger partial charge < -0.3 is 14.6 Å². The molecule has 0 amide bonds. The molecule has 4 aliphatic rings. The van der Waals surface area contributed by atoms with Crippen LogP contribution in [-0.2, 0) is 23.9 Å². The Balaban J connectivity index is 1.77. The summed E-state index contributed by atoms with van der Waals surface area (Å²) in [6, 6.07) is 0. The number of hydrogen-bond donors (Lipinski definition) is 1. The van der Waals surface area contributed by atoms with Gasteiger partial charge in [0.05, 0.1) is 18.4 Å². The van der Waals surface area contributed by atoms with Crippen molar-refractivity contribution in [2.45, 2.75) is 92.3 Å². The first-order valence-electron chi connectivity index (χ1n) is 12.0. The van der Waals surface area contributed by atoms with Crippen LogP contribution in [0, 0.1) is 17.3 Å². The van der Waals surface area contributed by atoms with Crippen LogP contribution in [-0.4, -0.2) is 76.9 Å². The molecular weight excluding hydrogens is 645 g/mol. The molecule has 0 aromatic carbocycles. The molecule has 0 aromatic rings. The van der Waals surface area contributed by atoms with Gasteiger partial charge in [0.1, 0.15) is 5.60 Å². The fraction of sp³-hybridized carbons (Fsp3) is 0.864. The van der Waals surface area contributed by atoms with E-state index in [1.54, 1.807) is 0 Å². The van der Waals surface area contributed by atoms with Crippen molar-refractivity contribution in [3.05, 3.63) is 0 Å². The van der Waals surface area contributed by atoms with Gasteiger partial charge in [-0.3, -0.25) is 4.79 Å². The third kappa shape index (κ3) is 5.24. The molecule has 0 radical (unpaired) electrons. The molecule has 0 spiro atoms. The lowest BCUT2D eigenvalue weighted by atomic mass is 9.48. The van der Waals surface area contributed by atoms with Crippen LogP contribution >= 0.6 is 0 Å². The highest BCUT2D eigenvalue weighted by Gasteiger charge is 2.82. The molecule has 2 unspecified atom stereocenters. The van der Waals surface area contributed by atoms with E-state index in [1.807, 2.05) is 0 Å². The second kappa shape index (κ2) is 9.93. The van der Waals surface area contributed by atoms with Crippen LogP contribution in [0.1, 0.15) is 44.9 Å². The zero-order chi connectivity index (χ0) is 33.5. The van der Waals surface area contributed by atoms with Crippen molar-refractivity contribution < 1.29 is 94.8 Å². The summed E-state index contributed by atoms with van der Waals surface area (Å²) in [6.07, 6.45) is -11.6. The Hall–Kier alpha value is -2.64. The van der Waals surface area contributed by atoms with Crippen molar-refractivity contribution in [1.82, 2.24) is 0 Å². The number of aliphatic carboxylic acids is 1. The number of rotatable bonds is 11. The van der Waals surface area contributed by atoms with Gasteiger partial charge in [-0.25, -0.2) is 9.59 Å². The summed E-state index contributed by atoms with van der Waals surface area (Å²) in [5.74, 6) is -50.0. The summed E-state index contributed by atoms with van der Waals surface area (Å²) < 4.78 is 209. The van der Waals surface area contributed by atoms with Gasteiger partial charge in [-0.1, -0.05) is 0 Å². The molecule has 248 valence electrons. The highest BCUT2D eigenvalue weighted by molar-refractivity contribution is 5.84. The van der Waals surface area contributed by atoms with E-state index in [9.17, 15) is 80.2 Å². The van der Waals surface area contributed by atoms with Crippen LogP contribution in [0.4, 0.5) is 65.9 Å². The fourth-order valence-corrected chi connectivity index (χ4v) is 6.25. The standard InChI is InChI=1S/C22H19F15O6/c23-16(24,19(29,30)21(33,34)22(35,36)37)1-2-42-12(40)14-4-9-3-10(5-14)7-15(6-9,8-14)43-13(41)18(27,28)20(31,32)17(25,26)11(38)39/h9-10H,1-8H2,(H,38,39). The van der Waals surface area contributed by atoms with Crippen LogP contribution in [0.5, 0.6) is 0 Å². The third-order valence-corrected chi connectivity index (χ3v) is 7.92. The van der Waals surface area contributed by atoms with Crippen molar-refractivity contribution in [2.24, 2.45) is 17.3 Å². The Morgan fingerprint density at radius 1 is 0.698 bits per heavy atom. The summed E-state index contributed by atoms with van der Waals surface area (Å²) in [5.41, 5.74) is -4.20. The van der Waals surface area contributed by atoms with Gasteiger partial charge in [-0.15, -0.1) is 0 Å². The molecular formula is C22H19F15O6. The first-order valence-corrected chi connectivity index (χ1v) is 12.0. The molecule has 4 bridgehead atoms. The lowest BCUT2D eigenvalue weighted by Crippen LogP contribution is -2.64. The van der Waals surface area contributed by atoms with Crippen LogP contribution in [0.2, 0.25) is 0 Å².